The van der Waals surface area contributed by atoms with Crippen LogP contribution < -0.4 is 10.1 Å². The summed E-state index contributed by atoms with van der Waals surface area (Å²) in [5.41, 5.74) is 0.526. The van der Waals surface area contributed by atoms with Gasteiger partial charge in [-0.25, -0.2) is 0 Å². The minimum absolute atomic E-state index is 0.571. The first kappa shape index (κ1) is 10.9. The van der Waals surface area contributed by atoms with Crippen LogP contribution in [0.25, 0.3) is 0 Å². The number of halogens is 1. The van der Waals surface area contributed by atoms with Gasteiger partial charge in [0.25, 0.3) is 0 Å². The minimum atomic E-state index is -0.571. The van der Waals surface area contributed by atoms with Gasteiger partial charge in [0.2, 0.25) is 0 Å². The van der Waals surface area contributed by atoms with Crippen molar-refractivity contribution < 1.29 is 9.84 Å². The Morgan fingerprint density at radius 3 is 2.80 bits per heavy atom. The van der Waals surface area contributed by atoms with Crippen LogP contribution in [0.4, 0.5) is 0 Å². The molecule has 1 aromatic carbocycles. The van der Waals surface area contributed by atoms with Crippen LogP contribution in [0.2, 0.25) is 0 Å². The fourth-order valence-corrected chi connectivity index (χ4v) is 2.14. The van der Waals surface area contributed by atoms with Gasteiger partial charge in [-0.2, -0.15) is 0 Å². The van der Waals surface area contributed by atoms with Crippen LogP contribution in [-0.2, 0) is 6.42 Å². The van der Waals surface area contributed by atoms with Gasteiger partial charge in [-0.15, -0.1) is 0 Å². The largest absolute Gasteiger partial charge is 0.496 e. The van der Waals surface area contributed by atoms with Crippen molar-refractivity contribution in [1.29, 1.82) is 0 Å². The summed E-state index contributed by atoms with van der Waals surface area (Å²) >= 11 is 3.40. The van der Waals surface area contributed by atoms with Crippen molar-refractivity contribution in [2.24, 2.45) is 0 Å². The Labute approximate surface area is 97.6 Å². The Morgan fingerprint density at radius 1 is 1.53 bits per heavy atom. The number of hydrogen-bond acceptors (Lipinski definition) is 3. The lowest BCUT2D eigenvalue weighted by Gasteiger charge is -2.37. The van der Waals surface area contributed by atoms with E-state index in [1.165, 1.54) is 0 Å². The number of β-amino-alcohol motifs (C(OH)–C–C–N with tert-alkyl or cyclic N) is 1. The second-order valence-electron chi connectivity index (χ2n) is 3.97. The molecule has 0 saturated carbocycles. The first-order valence-corrected chi connectivity index (χ1v) is 5.68. The van der Waals surface area contributed by atoms with E-state index >= 15 is 0 Å². The molecule has 0 unspecified atom stereocenters. The Kier molecular flexibility index (Phi) is 3.00. The van der Waals surface area contributed by atoms with Gasteiger partial charge in [-0.3, -0.25) is 0 Å². The molecular weight excluding hydrogens is 258 g/mol. The highest BCUT2D eigenvalue weighted by atomic mass is 79.9. The Bertz CT molecular complexity index is 364. The van der Waals surface area contributed by atoms with E-state index in [9.17, 15) is 5.11 Å². The van der Waals surface area contributed by atoms with Gasteiger partial charge in [0.05, 0.1) is 17.2 Å². The zero-order valence-electron chi connectivity index (χ0n) is 8.59. The summed E-state index contributed by atoms with van der Waals surface area (Å²) < 4.78 is 6.15. The highest BCUT2D eigenvalue weighted by Gasteiger charge is 2.34. The highest BCUT2D eigenvalue weighted by Crippen LogP contribution is 2.27. The van der Waals surface area contributed by atoms with Crippen LogP contribution in [0, 0.1) is 0 Å². The monoisotopic (exact) mass is 271 g/mol. The quantitative estimate of drug-likeness (QED) is 0.872. The van der Waals surface area contributed by atoms with Crippen LogP contribution in [-0.4, -0.2) is 30.9 Å². The van der Waals surface area contributed by atoms with Gasteiger partial charge in [0.15, 0.2) is 0 Å². The third kappa shape index (κ3) is 2.33. The predicted molar refractivity (Wildman–Crippen MR) is 62.2 cm³/mol. The normalized spacial score (nSPS) is 18.3. The van der Waals surface area contributed by atoms with Crippen molar-refractivity contribution in [3.63, 3.8) is 0 Å². The van der Waals surface area contributed by atoms with Crippen LogP contribution in [0.1, 0.15) is 5.56 Å². The van der Waals surface area contributed by atoms with E-state index in [4.69, 9.17) is 4.74 Å². The van der Waals surface area contributed by atoms with Crippen molar-refractivity contribution in [3.05, 3.63) is 28.2 Å². The lowest BCUT2D eigenvalue weighted by Crippen LogP contribution is -2.60. The number of methoxy groups -OCH3 is 1. The fourth-order valence-electron chi connectivity index (χ4n) is 1.73. The molecule has 0 atom stereocenters. The first-order valence-electron chi connectivity index (χ1n) is 4.88. The Hall–Kier alpha value is -0.580. The smallest absolute Gasteiger partial charge is 0.133 e. The van der Waals surface area contributed by atoms with Gasteiger partial charge in [0, 0.05) is 19.5 Å². The standard InChI is InChI=1S/C11H14BrNO2/c1-15-10-4-8(2-3-9(10)12)5-11(14)6-13-7-11/h2-4,13-14H,5-7H2,1H3. The predicted octanol–water partition coefficient (Wildman–Crippen LogP) is 1.33. The number of nitrogens with one attached hydrogen (secondary N) is 1. The van der Waals surface area contributed by atoms with Crippen molar-refractivity contribution >= 4 is 15.9 Å². The van der Waals surface area contributed by atoms with E-state index in [-0.39, 0.29) is 0 Å². The molecule has 0 spiro atoms. The second-order valence-corrected chi connectivity index (χ2v) is 4.83. The van der Waals surface area contributed by atoms with Crippen LogP contribution in [0.15, 0.2) is 22.7 Å². The van der Waals surface area contributed by atoms with Crippen molar-refractivity contribution in [2.75, 3.05) is 20.2 Å². The molecule has 0 bridgehead atoms. The van der Waals surface area contributed by atoms with E-state index in [1.807, 2.05) is 18.2 Å². The summed E-state index contributed by atoms with van der Waals surface area (Å²) in [6.45, 7) is 1.34. The molecule has 1 saturated heterocycles. The molecule has 1 aromatic rings. The molecule has 15 heavy (non-hydrogen) atoms. The molecule has 1 heterocycles. The summed E-state index contributed by atoms with van der Waals surface area (Å²) in [5.74, 6) is 0.809. The molecule has 0 aliphatic carbocycles. The summed E-state index contributed by atoms with van der Waals surface area (Å²) in [5, 5.41) is 13.1. The highest BCUT2D eigenvalue weighted by molar-refractivity contribution is 9.10. The SMILES string of the molecule is COc1cc(CC2(O)CNC2)ccc1Br. The van der Waals surface area contributed by atoms with Crippen molar-refractivity contribution in [2.45, 2.75) is 12.0 Å². The second kappa shape index (κ2) is 4.12. The number of benzene rings is 1. The third-order valence-electron chi connectivity index (χ3n) is 2.66. The van der Waals surface area contributed by atoms with Gasteiger partial charge >= 0.3 is 0 Å². The zero-order chi connectivity index (χ0) is 10.9. The Morgan fingerprint density at radius 2 is 2.27 bits per heavy atom. The third-order valence-corrected chi connectivity index (χ3v) is 3.31. The summed E-state index contributed by atoms with van der Waals surface area (Å²) in [6, 6.07) is 5.91. The van der Waals surface area contributed by atoms with E-state index in [0.717, 1.165) is 15.8 Å². The first-order chi connectivity index (χ1) is 7.13. The van der Waals surface area contributed by atoms with Gasteiger partial charge in [0.1, 0.15) is 5.75 Å². The van der Waals surface area contributed by atoms with Crippen LogP contribution in [0.3, 0.4) is 0 Å². The molecule has 1 aliphatic heterocycles. The molecule has 82 valence electrons. The maximum Gasteiger partial charge on any atom is 0.133 e. The van der Waals surface area contributed by atoms with E-state index in [1.54, 1.807) is 7.11 Å². The van der Waals surface area contributed by atoms with Crippen molar-refractivity contribution in [1.82, 2.24) is 5.32 Å². The minimum Gasteiger partial charge on any atom is -0.496 e. The number of aliphatic hydroxyl groups is 1. The maximum atomic E-state index is 9.98. The topological polar surface area (TPSA) is 41.5 Å². The fraction of sp³-hybridized carbons (Fsp3) is 0.455. The molecule has 3 nitrogen and oxygen atoms in total. The molecule has 0 amide bonds. The van der Waals surface area contributed by atoms with Crippen molar-refractivity contribution in [3.8, 4) is 5.75 Å². The number of ether oxygens (including phenoxy) is 1. The lowest BCUT2D eigenvalue weighted by atomic mass is 9.89. The van der Waals surface area contributed by atoms with Gasteiger partial charge in [-0.05, 0) is 33.6 Å². The van der Waals surface area contributed by atoms with E-state index in [2.05, 4.69) is 21.2 Å². The molecule has 0 radical (unpaired) electrons. The van der Waals surface area contributed by atoms with Crippen LogP contribution in [0.5, 0.6) is 5.75 Å². The molecule has 1 fully saturated rings. The molecule has 4 heteroatoms. The summed E-state index contributed by atoms with van der Waals surface area (Å²) in [4.78, 5) is 0. The van der Waals surface area contributed by atoms with Crippen LogP contribution >= 0.6 is 15.9 Å². The molecular formula is C11H14BrNO2. The average molecular weight is 272 g/mol. The lowest BCUT2D eigenvalue weighted by molar-refractivity contribution is -0.00904. The molecule has 2 rings (SSSR count). The summed E-state index contributed by atoms with van der Waals surface area (Å²) in [7, 11) is 1.64. The maximum absolute atomic E-state index is 9.98. The van der Waals surface area contributed by atoms with Gasteiger partial charge < -0.3 is 15.2 Å². The number of hydrogen-bond donors (Lipinski definition) is 2. The Balaban J connectivity index is 2.14. The van der Waals surface area contributed by atoms with E-state index in [0.29, 0.717) is 19.5 Å². The molecule has 1 aliphatic rings. The molecule has 2 N–H and O–H groups in total. The molecule has 0 aromatic heterocycles. The van der Waals surface area contributed by atoms with Gasteiger partial charge in [-0.1, -0.05) is 6.07 Å². The number of rotatable bonds is 3. The average Bonchev–Trinajstić information content (AvgIpc) is 2.18. The van der Waals surface area contributed by atoms with E-state index < -0.39 is 5.60 Å². The summed E-state index contributed by atoms with van der Waals surface area (Å²) in [6.07, 6.45) is 0.670. The zero-order valence-corrected chi connectivity index (χ0v) is 10.2.